The first-order valence-electron chi connectivity index (χ1n) is 2.51. The average molecular weight is 159 g/mol. The van der Waals surface area contributed by atoms with Crippen LogP contribution in [0.4, 0.5) is 0 Å². The van der Waals surface area contributed by atoms with Crippen molar-refractivity contribution in [3.63, 3.8) is 0 Å². The number of rotatable bonds is 3. The molecule has 56 valence electrons. The van der Waals surface area contributed by atoms with Crippen LogP contribution in [-0.2, 0) is 9.84 Å². The minimum atomic E-state index is -3.17. The highest BCUT2D eigenvalue weighted by Crippen LogP contribution is 2.04. The predicted octanol–water partition coefficient (Wildman–Crippen LogP) is 0.759. The van der Waals surface area contributed by atoms with Gasteiger partial charge in [-0.1, -0.05) is 6.58 Å². The molecule has 0 bridgehead atoms. The summed E-state index contributed by atoms with van der Waals surface area (Å²) in [6, 6.07) is 0. The van der Waals surface area contributed by atoms with Crippen LogP contribution in [0.5, 0.6) is 0 Å². The Balaban J connectivity index is 4.89. The van der Waals surface area contributed by atoms with Gasteiger partial charge < -0.3 is 0 Å². The quantitative estimate of drug-likeness (QED) is 0.451. The molecule has 0 radical (unpaired) electrons. The number of hydrogen-bond donors (Lipinski definition) is 0. The Kier molecular flexibility index (Phi) is 3.02. The van der Waals surface area contributed by atoms with Crippen LogP contribution >= 0.6 is 0 Å². The minimum absolute atomic E-state index is 0.0856. The lowest BCUT2D eigenvalue weighted by Crippen LogP contribution is -1.97. The van der Waals surface area contributed by atoms with E-state index in [1.54, 1.807) is 0 Å². The van der Waals surface area contributed by atoms with Gasteiger partial charge in [0, 0.05) is 12.5 Å². The van der Waals surface area contributed by atoms with E-state index >= 15 is 0 Å². The third kappa shape index (κ3) is 2.59. The predicted molar refractivity (Wildman–Crippen MR) is 42.7 cm³/mol. The molecule has 0 aromatic carbocycles. The topological polar surface area (TPSA) is 46.5 Å². The average Bonchev–Trinajstić information content (AvgIpc) is 1.80. The van der Waals surface area contributed by atoms with Gasteiger partial charge >= 0.3 is 0 Å². The third-order valence-corrected chi connectivity index (χ3v) is 1.98. The second-order valence-electron chi connectivity index (χ2n) is 1.69. The van der Waals surface area contributed by atoms with Crippen LogP contribution < -0.4 is 0 Å². The number of hydrogen-bond acceptors (Lipinski definition) is 3. The summed E-state index contributed by atoms with van der Waals surface area (Å²) >= 11 is 0. The molecule has 0 rings (SSSR count). The molecule has 0 aliphatic carbocycles. The molecule has 0 saturated heterocycles. The molecular weight excluding hydrogens is 150 g/mol. The van der Waals surface area contributed by atoms with Crippen molar-refractivity contribution in [3.05, 3.63) is 23.8 Å². The maximum atomic E-state index is 10.7. The summed E-state index contributed by atoms with van der Waals surface area (Å²) in [5, 5.41) is 0. The first-order chi connectivity index (χ1) is 4.52. The van der Waals surface area contributed by atoms with Crippen LogP contribution in [0.2, 0.25) is 0 Å². The molecule has 0 unspecified atom stereocenters. The molecule has 0 heterocycles. The standard InChI is InChI=1S/C6H9NO2S/c1-4-6(5-7-2)10(3,8)9/h4-5H,1-2H2,3H3/b6-5+. The fourth-order valence-electron chi connectivity index (χ4n) is 0.390. The Morgan fingerprint density at radius 3 is 2.20 bits per heavy atom. The van der Waals surface area contributed by atoms with E-state index in [-0.39, 0.29) is 4.91 Å². The van der Waals surface area contributed by atoms with Crippen molar-refractivity contribution in [1.82, 2.24) is 0 Å². The van der Waals surface area contributed by atoms with E-state index in [0.29, 0.717) is 0 Å². The Morgan fingerprint density at radius 2 is 2.10 bits per heavy atom. The molecule has 4 heteroatoms. The zero-order valence-corrected chi connectivity index (χ0v) is 6.56. The van der Waals surface area contributed by atoms with Gasteiger partial charge in [-0.25, -0.2) is 8.42 Å². The van der Waals surface area contributed by atoms with Gasteiger partial charge in [0.25, 0.3) is 0 Å². The van der Waals surface area contributed by atoms with Crippen LogP contribution in [0.25, 0.3) is 0 Å². The first-order valence-corrected chi connectivity index (χ1v) is 4.40. The van der Waals surface area contributed by atoms with E-state index < -0.39 is 9.84 Å². The van der Waals surface area contributed by atoms with Crippen LogP contribution in [0.1, 0.15) is 0 Å². The highest BCUT2D eigenvalue weighted by molar-refractivity contribution is 7.94. The van der Waals surface area contributed by atoms with Crippen LogP contribution in [-0.4, -0.2) is 21.4 Å². The molecule has 0 atom stereocenters. The molecule has 3 nitrogen and oxygen atoms in total. The number of sulfone groups is 1. The van der Waals surface area contributed by atoms with Gasteiger partial charge in [0.2, 0.25) is 0 Å². The summed E-state index contributed by atoms with van der Waals surface area (Å²) < 4.78 is 21.5. The fourth-order valence-corrected chi connectivity index (χ4v) is 0.959. The highest BCUT2D eigenvalue weighted by atomic mass is 32.2. The van der Waals surface area contributed by atoms with Crippen molar-refractivity contribution < 1.29 is 8.42 Å². The summed E-state index contributed by atoms with van der Waals surface area (Å²) in [4.78, 5) is 3.40. The lowest BCUT2D eigenvalue weighted by Gasteiger charge is -1.93. The van der Waals surface area contributed by atoms with E-state index in [0.717, 1.165) is 12.5 Å². The number of allylic oxidation sites excluding steroid dienone is 1. The SMILES string of the molecule is C=C/C(=C\N=C)S(C)(=O)=O. The van der Waals surface area contributed by atoms with Crippen molar-refractivity contribution >= 4 is 16.6 Å². The lowest BCUT2D eigenvalue weighted by atomic mass is 10.6. The number of aliphatic imine (C=N–C) groups is 1. The van der Waals surface area contributed by atoms with Crippen molar-refractivity contribution in [1.29, 1.82) is 0 Å². The molecular formula is C6H9NO2S. The van der Waals surface area contributed by atoms with Gasteiger partial charge in [-0.2, -0.15) is 0 Å². The molecule has 0 aliphatic rings. The Morgan fingerprint density at radius 1 is 1.60 bits per heavy atom. The third-order valence-electron chi connectivity index (χ3n) is 0.848. The van der Waals surface area contributed by atoms with E-state index in [1.807, 2.05) is 0 Å². The Bertz CT molecular complexity index is 261. The van der Waals surface area contributed by atoms with Gasteiger partial charge in [-0.3, -0.25) is 4.99 Å². The molecule has 0 spiro atoms. The van der Waals surface area contributed by atoms with Crippen molar-refractivity contribution in [2.45, 2.75) is 0 Å². The summed E-state index contributed by atoms with van der Waals surface area (Å²) in [7, 11) is -3.17. The summed E-state index contributed by atoms with van der Waals surface area (Å²) in [5.74, 6) is 0. The van der Waals surface area contributed by atoms with Gasteiger partial charge in [-0.15, -0.1) is 0 Å². The maximum Gasteiger partial charge on any atom is 0.177 e. The molecule has 0 saturated carbocycles. The second kappa shape index (κ2) is 3.31. The van der Waals surface area contributed by atoms with Crippen molar-refractivity contribution in [3.8, 4) is 0 Å². The smallest absolute Gasteiger partial charge is 0.177 e. The van der Waals surface area contributed by atoms with Gasteiger partial charge in [0.1, 0.15) is 0 Å². The minimum Gasteiger partial charge on any atom is -0.271 e. The van der Waals surface area contributed by atoms with E-state index in [4.69, 9.17) is 0 Å². The molecule has 10 heavy (non-hydrogen) atoms. The van der Waals surface area contributed by atoms with E-state index in [1.165, 1.54) is 6.08 Å². The molecule has 0 aromatic rings. The summed E-state index contributed by atoms with van der Waals surface area (Å²) in [5.41, 5.74) is 0. The van der Waals surface area contributed by atoms with Crippen LogP contribution in [0.3, 0.4) is 0 Å². The van der Waals surface area contributed by atoms with E-state index in [9.17, 15) is 8.42 Å². The first kappa shape index (κ1) is 9.10. The zero-order chi connectivity index (χ0) is 8.20. The van der Waals surface area contributed by atoms with Crippen LogP contribution in [0, 0.1) is 0 Å². The van der Waals surface area contributed by atoms with Gasteiger partial charge in [-0.05, 0) is 12.8 Å². The fraction of sp³-hybridized carbons (Fsp3) is 0.167. The Hall–Kier alpha value is -0.900. The molecule has 0 amide bonds. The number of nitrogens with zero attached hydrogens (tertiary/aromatic N) is 1. The van der Waals surface area contributed by atoms with Gasteiger partial charge in [0.15, 0.2) is 9.84 Å². The normalized spacial score (nSPS) is 12.7. The second-order valence-corrected chi connectivity index (χ2v) is 3.71. The summed E-state index contributed by atoms with van der Waals surface area (Å²) in [6.45, 7) is 6.43. The van der Waals surface area contributed by atoms with Crippen molar-refractivity contribution in [2.24, 2.45) is 4.99 Å². The lowest BCUT2D eigenvalue weighted by molar-refractivity contribution is 0.608. The zero-order valence-electron chi connectivity index (χ0n) is 5.74. The molecule has 0 aliphatic heterocycles. The Labute approximate surface area is 60.7 Å². The van der Waals surface area contributed by atoms with E-state index in [2.05, 4.69) is 18.3 Å². The molecule has 0 aromatic heterocycles. The highest BCUT2D eigenvalue weighted by Gasteiger charge is 2.04. The monoisotopic (exact) mass is 159 g/mol. The molecule has 0 fully saturated rings. The maximum absolute atomic E-state index is 10.7. The van der Waals surface area contributed by atoms with Crippen LogP contribution in [0.15, 0.2) is 28.8 Å². The van der Waals surface area contributed by atoms with Gasteiger partial charge in [0.05, 0.1) is 4.91 Å². The molecule has 0 N–H and O–H groups in total. The largest absolute Gasteiger partial charge is 0.271 e. The van der Waals surface area contributed by atoms with Crippen molar-refractivity contribution in [2.75, 3.05) is 6.26 Å². The summed E-state index contributed by atoms with van der Waals surface area (Å²) in [6.07, 6.45) is 3.47.